The lowest BCUT2D eigenvalue weighted by Crippen LogP contribution is -2.19. The SMILES string of the molecule is O=S(=O)(CCCC(F)(F)F)Nc1ccc2c(c1)CCCO2. The highest BCUT2D eigenvalue weighted by molar-refractivity contribution is 7.92. The Hall–Kier alpha value is -1.44. The van der Waals surface area contributed by atoms with Crippen molar-refractivity contribution in [3.8, 4) is 5.75 Å². The number of hydrogen-bond donors (Lipinski definition) is 1. The number of aryl methyl sites for hydroxylation is 1. The van der Waals surface area contributed by atoms with Crippen LogP contribution in [-0.2, 0) is 16.4 Å². The summed E-state index contributed by atoms with van der Waals surface area (Å²) in [7, 11) is -3.77. The summed E-state index contributed by atoms with van der Waals surface area (Å²) in [6, 6.07) is 4.88. The van der Waals surface area contributed by atoms with Gasteiger partial charge in [-0.25, -0.2) is 8.42 Å². The van der Waals surface area contributed by atoms with E-state index in [9.17, 15) is 21.6 Å². The van der Waals surface area contributed by atoms with Gasteiger partial charge in [0.25, 0.3) is 0 Å². The van der Waals surface area contributed by atoms with Crippen LogP contribution in [0.3, 0.4) is 0 Å². The summed E-state index contributed by atoms with van der Waals surface area (Å²) >= 11 is 0. The van der Waals surface area contributed by atoms with Gasteiger partial charge in [0, 0.05) is 12.1 Å². The fourth-order valence-electron chi connectivity index (χ4n) is 2.12. The summed E-state index contributed by atoms with van der Waals surface area (Å²) in [4.78, 5) is 0. The third-order valence-corrected chi connectivity index (χ3v) is 4.43. The van der Waals surface area contributed by atoms with Crippen molar-refractivity contribution in [2.24, 2.45) is 0 Å². The number of halogens is 3. The predicted molar refractivity (Wildman–Crippen MR) is 73.0 cm³/mol. The standard InChI is InChI=1S/C13H16F3NO3S/c14-13(15,16)6-2-8-21(18,19)17-11-4-5-12-10(9-11)3-1-7-20-12/h4-5,9,17H,1-3,6-8H2. The van der Waals surface area contributed by atoms with Gasteiger partial charge in [0.2, 0.25) is 10.0 Å². The second-order valence-electron chi connectivity index (χ2n) is 4.91. The highest BCUT2D eigenvalue weighted by atomic mass is 32.2. The Morgan fingerprint density at radius 3 is 2.76 bits per heavy atom. The molecule has 8 heteroatoms. The van der Waals surface area contributed by atoms with E-state index in [0.717, 1.165) is 24.2 Å². The van der Waals surface area contributed by atoms with Crippen LogP contribution in [0.2, 0.25) is 0 Å². The second-order valence-corrected chi connectivity index (χ2v) is 6.76. The lowest BCUT2D eigenvalue weighted by atomic mass is 10.1. The highest BCUT2D eigenvalue weighted by Crippen LogP contribution is 2.28. The van der Waals surface area contributed by atoms with E-state index in [4.69, 9.17) is 4.74 Å². The van der Waals surface area contributed by atoms with Gasteiger partial charge in [-0.3, -0.25) is 4.72 Å². The Balaban J connectivity index is 1.97. The molecule has 4 nitrogen and oxygen atoms in total. The number of ether oxygens (including phenoxy) is 1. The van der Waals surface area contributed by atoms with Gasteiger partial charge >= 0.3 is 6.18 Å². The van der Waals surface area contributed by atoms with Crippen LogP contribution in [0.4, 0.5) is 18.9 Å². The fraction of sp³-hybridized carbons (Fsp3) is 0.538. The second kappa shape index (κ2) is 6.13. The van der Waals surface area contributed by atoms with E-state index in [1.807, 2.05) is 0 Å². The van der Waals surface area contributed by atoms with Crippen LogP contribution in [0.5, 0.6) is 5.75 Å². The van der Waals surface area contributed by atoms with Crippen molar-refractivity contribution in [1.82, 2.24) is 0 Å². The topological polar surface area (TPSA) is 55.4 Å². The number of fused-ring (bicyclic) bond motifs is 1. The molecule has 0 saturated heterocycles. The van der Waals surface area contributed by atoms with E-state index in [2.05, 4.69) is 4.72 Å². The van der Waals surface area contributed by atoms with E-state index in [-0.39, 0.29) is 0 Å². The zero-order valence-corrected chi connectivity index (χ0v) is 12.1. The van der Waals surface area contributed by atoms with Gasteiger partial charge in [0.15, 0.2) is 0 Å². The molecular weight excluding hydrogens is 307 g/mol. The first-order valence-corrected chi connectivity index (χ1v) is 8.23. The van der Waals surface area contributed by atoms with Gasteiger partial charge in [0.05, 0.1) is 12.4 Å². The Kier molecular flexibility index (Phi) is 4.65. The quantitative estimate of drug-likeness (QED) is 0.906. The first-order chi connectivity index (χ1) is 9.75. The molecule has 1 aromatic carbocycles. The number of benzene rings is 1. The maximum atomic E-state index is 12.0. The summed E-state index contributed by atoms with van der Waals surface area (Å²) in [5, 5.41) is 0. The van der Waals surface area contributed by atoms with Gasteiger partial charge < -0.3 is 4.74 Å². The average molecular weight is 323 g/mol. The molecule has 0 bridgehead atoms. The molecule has 1 aliphatic heterocycles. The van der Waals surface area contributed by atoms with E-state index >= 15 is 0 Å². The molecule has 21 heavy (non-hydrogen) atoms. The van der Waals surface area contributed by atoms with Gasteiger partial charge in [-0.1, -0.05) is 0 Å². The van der Waals surface area contributed by atoms with Gasteiger partial charge in [-0.2, -0.15) is 13.2 Å². The number of nitrogens with one attached hydrogen (secondary N) is 1. The fourth-order valence-corrected chi connectivity index (χ4v) is 3.23. The molecule has 0 unspecified atom stereocenters. The summed E-state index contributed by atoms with van der Waals surface area (Å²) in [5.41, 5.74) is 1.25. The van der Waals surface area contributed by atoms with Gasteiger partial charge in [-0.15, -0.1) is 0 Å². The Morgan fingerprint density at radius 2 is 2.05 bits per heavy atom. The van der Waals surface area contributed by atoms with Crippen molar-refractivity contribution in [3.05, 3.63) is 23.8 Å². The first-order valence-electron chi connectivity index (χ1n) is 6.58. The molecule has 2 rings (SSSR count). The zero-order chi connectivity index (χ0) is 15.5. The lowest BCUT2D eigenvalue weighted by molar-refractivity contribution is -0.134. The molecule has 1 aromatic rings. The van der Waals surface area contributed by atoms with Crippen LogP contribution in [-0.4, -0.2) is 27.0 Å². The van der Waals surface area contributed by atoms with Crippen molar-refractivity contribution in [2.75, 3.05) is 17.1 Å². The number of anilines is 1. The third-order valence-electron chi connectivity index (χ3n) is 3.06. The van der Waals surface area contributed by atoms with Crippen LogP contribution in [0.25, 0.3) is 0 Å². The molecule has 0 spiro atoms. The van der Waals surface area contributed by atoms with Crippen molar-refractivity contribution >= 4 is 15.7 Å². The van der Waals surface area contributed by atoms with Crippen molar-refractivity contribution in [3.63, 3.8) is 0 Å². The number of hydrogen-bond acceptors (Lipinski definition) is 3. The Bertz CT molecular complexity index is 599. The Labute approximate surface area is 121 Å². The number of sulfonamides is 1. The van der Waals surface area contributed by atoms with E-state index in [1.165, 1.54) is 0 Å². The Morgan fingerprint density at radius 1 is 1.29 bits per heavy atom. The van der Waals surface area contributed by atoms with E-state index in [0.29, 0.717) is 12.3 Å². The molecule has 0 aliphatic carbocycles. The van der Waals surface area contributed by atoms with Crippen LogP contribution >= 0.6 is 0 Å². The zero-order valence-electron chi connectivity index (χ0n) is 11.2. The summed E-state index contributed by atoms with van der Waals surface area (Å²) in [6.07, 6.45) is -4.24. The minimum atomic E-state index is -4.33. The minimum absolute atomic E-state index is 0.353. The smallest absolute Gasteiger partial charge is 0.389 e. The highest BCUT2D eigenvalue weighted by Gasteiger charge is 2.27. The number of alkyl halides is 3. The van der Waals surface area contributed by atoms with Gasteiger partial charge in [0.1, 0.15) is 5.75 Å². The molecule has 1 aliphatic rings. The maximum Gasteiger partial charge on any atom is 0.389 e. The molecule has 118 valence electrons. The van der Waals surface area contributed by atoms with Crippen LogP contribution in [0, 0.1) is 0 Å². The van der Waals surface area contributed by atoms with Crippen molar-refractivity contribution in [2.45, 2.75) is 31.9 Å². The molecule has 0 fully saturated rings. The van der Waals surface area contributed by atoms with Crippen LogP contribution in [0.1, 0.15) is 24.8 Å². The molecule has 0 saturated carbocycles. The molecule has 0 radical (unpaired) electrons. The molecular formula is C13H16F3NO3S. The largest absolute Gasteiger partial charge is 0.493 e. The molecule has 0 atom stereocenters. The summed E-state index contributed by atoms with van der Waals surface area (Å²) < 4.78 is 67.3. The van der Waals surface area contributed by atoms with E-state index in [1.54, 1.807) is 18.2 Å². The lowest BCUT2D eigenvalue weighted by Gasteiger charge is -2.18. The third kappa shape index (κ3) is 5.11. The van der Waals surface area contributed by atoms with Crippen molar-refractivity contribution < 1.29 is 26.3 Å². The van der Waals surface area contributed by atoms with Crippen LogP contribution < -0.4 is 9.46 Å². The van der Waals surface area contributed by atoms with Crippen molar-refractivity contribution in [1.29, 1.82) is 0 Å². The first kappa shape index (κ1) is 15.9. The number of rotatable bonds is 5. The average Bonchev–Trinajstić information content (AvgIpc) is 2.36. The van der Waals surface area contributed by atoms with Crippen LogP contribution in [0.15, 0.2) is 18.2 Å². The summed E-state index contributed by atoms with van der Waals surface area (Å²) in [5.74, 6) is 0.168. The summed E-state index contributed by atoms with van der Waals surface area (Å²) in [6.45, 7) is 0.634. The van der Waals surface area contributed by atoms with E-state index < -0.39 is 34.8 Å². The normalized spacial score (nSPS) is 15.2. The minimum Gasteiger partial charge on any atom is -0.493 e. The van der Waals surface area contributed by atoms with Gasteiger partial charge in [-0.05, 0) is 43.0 Å². The molecule has 0 amide bonds. The molecule has 1 heterocycles. The molecule has 0 aromatic heterocycles. The maximum absolute atomic E-state index is 12.0. The molecule has 1 N–H and O–H groups in total. The predicted octanol–water partition coefficient (Wildman–Crippen LogP) is 3.10. The monoisotopic (exact) mass is 323 g/mol.